The van der Waals surface area contributed by atoms with Gasteiger partial charge in [-0.2, -0.15) is 0 Å². The van der Waals surface area contributed by atoms with Gasteiger partial charge in [-0.05, 0) is 56.4 Å². The Morgan fingerprint density at radius 3 is 2.52 bits per heavy atom. The lowest BCUT2D eigenvalue weighted by Gasteiger charge is -2.31. The lowest BCUT2D eigenvalue weighted by atomic mass is 9.98. The van der Waals surface area contributed by atoms with Gasteiger partial charge in [0.25, 0.3) is 11.6 Å². The molecule has 1 N–H and O–H groups in total. The van der Waals surface area contributed by atoms with Crippen LogP contribution in [-0.4, -0.2) is 36.0 Å². The summed E-state index contributed by atoms with van der Waals surface area (Å²) in [6.07, 6.45) is 0.873. The third-order valence-electron chi connectivity index (χ3n) is 5.59. The number of esters is 1. The van der Waals surface area contributed by atoms with E-state index in [9.17, 15) is 19.7 Å². The topological polar surface area (TPSA) is 102 Å². The molecular weight excluding hydrogens is 398 g/mol. The molecule has 0 saturated carbocycles. The van der Waals surface area contributed by atoms with Gasteiger partial charge in [0.05, 0.1) is 10.5 Å². The van der Waals surface area contributed by atoms with E-state index in [0.717, 1.165) is 31.5 Å². The number of para-hydroxylation sites is 1. The zero-order valence-electron chi connectivity index (χ0n) is 18.0. The average molecular weight is 425 g/mol. The maximum absolute atomic E-state index is 12.5. The van der Waals surface area contributed by atoms with Crippen molar-refractivity contribution in [1.82, 2.24) is 0 Å². The molecule has 0 bridgehead atoms. The van der Waals surface area contributed by atoms with Crippen molar-refractivity contribution >= 4 is 28.9 Å². The molecule has 8 heteroatoms. The van der Waals surface area contributed by atoms with Crippen LogP contribution in [0.1, 0.15) is 42.6 Å². The summed E-state index contributed by atoms with van der Waals surface area (Å²) in [6, 6.07) is 11.6. The Hall–Kier alpha value is -3.42. The van der Waals surface area contributed by atoms with Crippen molar-refractivity contribution in [2.24, 2.45) is 5.92 Å². The highest BCUT2D eigenvalue weighted by atomic mass is 16.6. The number of amides is 1. The molecule has 1 saturated heterocycles. The van der Waals surface area contributed by atoms with E-state index in [2.05, 4.69) is 12.2 Å². The summed E-state index contributed by atoms with van der Waals surface area (Å²) in [5.41, 5.74) is 1.91. The first-order valence-electron chi connectivity index (χ1n) is 10.4. The number of carbonyl (C=O) groups is 2. The number of hydrogen-bond acceptors (Lipinski definition) is 6. The molecule has 8 nitrogen and oxygen atoms in total. The Morgan fingerprint density at radius 1 is 1.19 bits per heavy atom. The summed E-state index contributed by atoms with van der Waals surface area (Å²) in [5.74, 6) is -0.664. The second-order valence-corrected chi connectivity index (χ2v) is 7.98. The molecule has 164 valence electrons. The molecule has 0 aliphatic carbocycles. The van der Waals surface area contributed by atoms with E-state index in [1.807, 2.05) is 24.0 Å². The van der Waals surface area contributed by atoms with Gasteiger partial charge in [-0.3, -0.25) is 14.9 Å². The molecule has 1 aliphatic heterocycles. The predicted octanol–water partition coefficient (Wildman–Crippen LogP) is 4.32. The Balaban J connectivity index is 1.71. The Kier molecular flexibility index (Phi) is 6.89. The van der Waals surface area contributed by atoms with Crippen LogP contribution in [0.25, 0.3) is 0 Å². The number of ether oxygens (including phenoxy) is 1. The molecule has 1 atom stereocenters. The summed E-state index contributed by atoms with van der Waals surface area (Å²) >= 11 is 0. The number of hydrogen-bond donors (Lipinski definition) is 1. The number of anilines is 2. The van der Waals surface area contributed by atoms with Crippen molar-refractivity contribution in [3.05, 3.63) is 63.7 Å². The minimum Gasteiger partial charge on any atom is -0.449 e. The van der Waals surface area contributed by atoms with Crippen LogP contribution in [0, 0.1) is 23.0 Å². The van der Waals surface area contributed by atoms with Crippen LogP contribution in [0.5, 0.6) is 0 Å². The summed E-state index contributed by atoms with van der Waals surface area (Å²) in [4.78, 5) is 38.1. The van der Waals surface area contributed by atoms with Gasteiger partial charge in [0.15, 0.2) is 6.10 Å². The zero-order chi connectivity index (χ0) is 22.5. The Bertz CT molecular complexity index is 983. The maximum Gasteiger partial charge on any atom is 0.339 e. The summed E-state index contributed by atoms with van der Waals surface area (Å²) in [6.45, 7) is 6.96. The molecule has 1 aliphatic rings. The molecule has 1 fully saturated rings. The zero-order valence-corrected chi connectivity index (χ0v) is 18.0. The van der Waals surface area contributed by atoms with Gasteiger partial charge >= 0.3 is 5.97 Å². The fraction of sp³-hybridized carbons (Fsp3) is 0.391. The molecule has 1 heterocycles. The standard InChI is InChI=1S/C23H27N3O5/c1-15-10-12-25(13-11-15)20-9-8-18(14-21(20)26(29)30)23(28)31-17(3)22(27)24-19-7-5-4-6-16(19)2/h4-9,14-15,17H,10-13H2,1-3H3,(H,24,27). The van der Waals surface area contributed by atoms with Crippen molar-refractivity contribution in [3.8, 4) is 0 Å². The third-order valence-corrected chi connectivity index (χ3v) is 5.59. The Labute approximate surface area is 181 Å². The maximum atomic E-state index is 12.5. The summed E-state index contributed by atoms with van der Waals surface area (Å²) in [5, 5.41) is 14.4. The van der Waals surface area contributed by atoms with Crippen LogP contribution >= 0.6 is 0 Å². The smallest absolute Gasteiger partial charge is 0.339 e. The van der Waals surface area contributed by atoms with Gasteiger partial charge in [0, 0.05) is 24.8 Å². The number of carbonyl (C=O) groups excluding carboxylic acids is 2. The number of nitrogens with zero attached hydrogens (tertiary/aromatic N) is 2. The lowest BCUT2D eigenvalue weighted by Crippen LogP contribution is -2.33. The van der Waals surface area contributed by atoms with E-state index in [-0.39, 0.29) is 11.3 Å². The number of nitro benzene ring substituents is 1. The largest absolute Gasteiger partial charge is 0.449 e. The van der Waals surface area contributed by atoms with Gasteiger partial charge in [0.1, 0.15) is 5.69 Å². The normalized spacial score (nSPS) is 15.3. The van der Waals surface area contributed by atoms with Gasteiger partial charge in [-0.15, -0.1) is 0 Å². The predicted molar refractivity (Wildman–Crippen MR) is 118 cm³/mol. The first-order valence-corrected chi connectivity index (χ1v) is 10.4. The number of nitrogens with one attached hydrogen (secondary N) is 1. The fourth-order valence-corrected chi connectivity index (χ4v) is 3.54. The van der Waals surface area contributed by atoms with E-state index in [1.165, 1.54) is 19.1 Å². The second kappa shape index (κ2) is 9.59. The van der Waals surface area contributed by atoms with Crippen molar-refractivity contribution in [2.45, 2.75) is 39.7 Å². The number of nitro groups is 1. The quantitative estimate of drug-likeness (QED) is 0.420. The number of rotatable bonds is 6. The fourth-order valence-electron chi connectivity index (χ4n) is 3.54. The van der Waals surface area contributed by atoms with Crippen LogP contribution in [0.4, 0.5) is 17.1 Å². The van der Waals surface area contributed by atoms with Crippen LogP contribution in [-0.2, 0) is 9.53 Å². The lowest BCUT2D eigenvalue weighted by molar-refractivity contribution is -0.384. The van der Waals surface area contributed by atoms with Crippen LogP contribution < -0.4 is 10.2 Å². The molecule has 1 unspecified atom stereocenters. The van der Waals surface area contributed by atoms with E-state index in [1.54, 1.807) is 18.2 Å². The molecular formula is C23H27N3O5. The van der Waals surface area contributed by atoms with Gasteiger partial charge in [-0.1, -0.05) is 25.1 Å². The van der Waals surface area contributed by atoms with E-state index < -0.39 is 22.9 Å². The molecule has 2 aromatic rings. The minimum absolute atomic E-state index is 0.0383. The molecule has 0 aromatic heterocycles. The van der Waals surface area contributed by atoms with Gasteiger partial charge < -0.3 is 15.0 Å². The van der Waals surface area contributed by atoms with Crippen LogP contribution in [0.3, 0.4) is 0 Å². The van der Waals surface area contributed by atoms with Crippen LogP contribution in [0.2, 0.25) is 0 Å². The van der Waals surface area contributed by atoms with Crippen molar-refractivity contribution < 1.29 is 19.2 Å². The van der Waals surface area contributed by atoms with E-state index in [0.29, 0.717) is 17.3 Å². The summed E-state index contributed by atoms with van der Waals surface area (Å²) in [7, 11) is 0. The molecule has 3 rings (SSSR count). The van der Waals surface area contributed by atoms with Crippen molar-refractivity contribution in [1.29, 1.82) is 0 Å². The molecule has 1 amide bonds. The number of piperidine rings is 1. The highest BCUT2D eigenvalue weighted by Gasteiger charge is 2.26. The van der Waals surface area contributed by atoms with E-state index >= 15 is 0 Å². The highest BCUT2D eigenvalue weighted by Crippen LogP contribution is 2.32. The van der Waals surface area contributed by atoms with Crippen LogP contribution in [0.15, 0.2) is 42.5 Å². The molecule has 31 heavy (non-hydrogen) atoms. The van der Waals surface area contributed by atoms with Crippen molar-refractivity contribution in [2.75, 3.05) is 23.3 Å². The second-order valence-electron chi connectivity index (χ2n) is 7.98. The first-order chi connectivity index (χ1) is 14.8. The molecule has 0 radical (unpaired) electrons. The van der Waals surface area contributed by atoms with Crippen molar-refractivity contribution in [3.63, 3.8) is 0 Å². The van der Waals surface area contributed by atoms with Gasteiger partial charge in [0.2, 0.25) is 0 Å². The first kappa shape index (κ1) is 22.3. The number of benzene rings is 2. The van der Waals surface area contributed by atoms with Gasteiger partial charge in [-0.25, -0.2) is 4.79 Å². The molecule has 2 aromatic carbocycles. The van der Waals surface area contributed by atoms with E-state index in [4.69, 9.17) is 4.74 Å². The Morgan fingerprint density at radius 2 is 1.87 bits per heavy atom. The highest BCUT2D eigenvalue weighted by molar-refractivity contribution is 5.98. The SMILES string of the molecule is Cc1ccccc1NC(=O)C(C)OC(=O)c1ccc(N2CCC(C)CC2)c([N+](=O)[O-])c1. The monoisotopic (exact) mass is 425 g/mol. The average Bonchev–Trinajstić information content (AvgIpc) is 2.75. The minimum atomic E-state index is -1.06. The molecule has 0 spiro atoms. The third kappa shape index (κ3) is 5.39. The number of aryl methyl sites for hydroxylation is 1. The summed E-state index contributed by atoms with van der Waals surface area (Å²) < 4.78 is 5.26.